The summed E-state index contributed by atoms with van der Waals surface area (Å²) in [6.45, 7) is 9.20. The van der Waals surface area contributed by atoms with Crippen LogP contribution in [0.1, 0.15) is 25.7 Å². The van der Waals surface area contributed by atoms with Gasteiger partial charge in [0.2, 0.25) is 0 Å². The van der Waals surface area contributed by atoms with Gasteiger partial charge < -0.3 is 15.1 Å². The van der Waals surface area contributed by atoms with Gasteiger partial charge in [-0.3, -0.25) is 0 Å². The van der Waals surface area contributed by atoms with E-state index in [1.54, 1.807) is 0 Å². The standard InChI is InChI=1S/C13H25N3/c1-2-7-15(6-1)10-5-14-13-4-9-16-8-3-12(13)11-16/h12-14H,1-11H2. The number of likely N-dealkylation sites (tertiary alicyclic amines) is 1. The van der Waals surface area contributed by atoms with Gasteiger partial charge in [0.25, 0.3) is 0 Å². The molecule has 3 heterocycles. The zero-order valence-corrected chi connectivity index (χ0v) is 10.3. The normalized spacial score (nSPS) is 39.4. The second-order valence-corrected chi connectivity index (χ2v) is 5.75. The number of hydrogen-bond acceptors (Lipinski definition) is 3. The highest BCUT2D eigenvalue weighted by molar-refractivity contribution is 4.90. The van der Waals surface area contributed by atoms with Crippen molar-refractivity contribution in [2.75, 3.05) is 45.8 Å². The molecule has 92 valence electrons. The number of nitrogens with zero attached hydrogens (tertiary/aromatic N) is 2. The Kier molecular flexibility index (Phi) is 3.46. The van der Waals surface area contributed by atoms with Gasteiger partial charge >= 0.3 is 0 Å². The van der Waals surface area contributed by atoms with E-state index in [0.29, 0.717) is 0 Å². The molecule has 3 rings (SSSR count). The van der Waals surface area contributed by atoms with Crippen molar-refractivity contribution in [3.63, 3.8) is 0 Å². The van der Waals surface area contributed by atoms with E-state index in [-0.39, 0.29) is 0 Å². The topological polar surface area (TPSA) is 18.5 Å². The summed E-state index contributed by atoms with van der Waals surface area (Å²) in [4.78, 5) is 5.24. The van der Waals surface area contributed by atoms with Crippen LogP contribution in [0.15, 0.2) is 0 Å². The Bertz CT molecular complexity index is 225. The fourth-order valence-electron chi connectivity index (χ4n) is 3.63. The highest BCUT2D eigenvalue weighted by atomic mass is 15.2. The molecule has 2 bridgehead atoms. The van der Waals surface area contributed by atoms with Crippen molar-refractivity contribution in [3.05, 3.63) is 0 Å². The minimum atomic E-state index is 0.821. The summed E-state index contributed by atoms with van der Waals surface area (Å²) >= 11 is 0. The van der Waals surface area contributed by atoms with Crippen LogP contribution in [-0.2, 0) is 0 Å². The molecule has 0 radical (unpaired) electrons. The molecule has 3 unspecified atom stereocenters. The first-order valence-electron chi connectivity index (χ1n) is 7.10. The van der Waals surface area contributed by atoms with Crippen LogP contribution in [0.25, 0.3) is 0 Å². The summed E-state index contributed by atoms with van der Waals surface area (Å²) in [6, 6.07) is 0.821. The minimum Gasteiger partial charge on any atom is -0.312 e. The van der Waals surface area contributed by atoms with E-state index in [0.717, 1.165) is 12.0 Å². The predicted octanol–water partition coefficient (Wildman–Crippen LogP) is 0.766. The molecular weight excluding hydrogens is 198 g/mol. The fourth-order valence-corrected chi connectivity index (χ4v) is 3.63. The summed E-state index contributed by atoms with van der Waals surface area (Å²) in [6.07, 6.45) is 5.65. The van der Waals surface area contributed by atoms with Crippen molar-refractivity contribution < 1.29 is 0 Å². The van der Waals surface area contributed by atoms with Gasteiger partial charge in [-0.1, -0.05) is 0 Å². The Morgan fingerprint density at radius 3 is 2.69 bits per heavy atom. The number of hydrogen-bond donors (Lipinski definition) is 1. The van der Waals surface area contributed by atoms with Crippen molar-refractivity contribution in [1.82, 2.24) is 15.1 Å². The van der Waals surface area contributed by atoms with E-state index in [4.69, 9.17) is 0 Å². The van der Waals surface area contributed by atoms with Gasteiger partial charge in [0.15, 0.2) is 0 Å². The summed E-state index contributed by atoms with van der Waals surface area (Å²) < 4.78 is 0. The lowest BCUT2D eigenvalue weighted by molar-refractivity contribution is 0.215. The average Bonchev–Trinajstić information content (AvgIpc) is 2.92. The van der Waals surface area contributed by atoms with E-state index in [1.807, 2.05) is 0 Å². The highest BCUT2D eigenvalue weighted by Crippen LogP contribution is 2.26. The molecule has 16 heavy (non-hydrogen) atoms. The van der Waals surface area contributed by atoms with Gasteiger partial charge in [0, 0.05) is 25.7 Å². The van der Waals surface area contributed by atoms with Crippen molar-refractivity contribution >= 4 is 0 Å². The zero-order chi connectivity index (χ0) is 10.8. The van der Waals surface area contributed by atoms with Crippen LogP contribution < -0.4 is 5.32 Å². The number of fused-ring (bicyclic) bond motifs is 2. The monoisotopic (exact) mass is 223 g/mol. The molecule has 3 fully saturated rings. The molecular formula is C13H25N3. The third-order valence-corrected chi connectivity index (χ3v) is 4.67. The molecule has 3 aliphatic rings. The first kappa shape index (κ1) is 11.0. The highest BCUT2D eigenvalue weighted by Gasteiger charge is 2.33. The maximum atomic E-state index is 3.81. The Hall–Kier alpha value is -0.120. The minimum absolute atomic E-state index is 0.821. The van der Waals surface area contributed by atoms with Crippen LogP contribution in [0, 0.1) is 5.92 Å². The number of piperidine rings is 1. The van der Waals surface area contributed by atoms with E-state index in [9.17, 15) is 0 Å². The molecule has 3 saturated heterocycles. The molecule has 1 N–H and O–H groups in total. The van der Waals surface area contributed by atoms with E-state index >= 15 is 0 Å². The Morgan fingerprint density at radius 1 is 1.00 bits per heavy atom. The van der Waals surface area contributed by atoms with Gasteiger partial charge in [0.05, 0.1) is 0 Å². The molecule has 3 heteroatoms. The van der Waals surface area contributed by atoms with Crippen molar-refractivity contribution in [2.45, 2.75) is 31.7 Å². The number of nitrogens with one attached hydrogen (secondary N) is 1. The molecule has 0 saturated carbocycles. The summed E-state index contributed by atoms with van der Waals surface area (Å²) in [5, 5.41) is 3.81. The Morgan fingerprint density at radius 2 is 1.81 bits per heavy atom. The van der Waals surface area contributed by atoms with Gasteiger partial charge in [-0.05, 0) is 57.8 Å². The van der Waals surface area contributed by atoms with Crippen LogP contribution in [-0.4, -0.2) is 61.7 Å². The lowest BCUT2D eigenvalue weighted by Gasteiger charge is -2.31. The smallest absolute Gasteiger partial charge is 0.0121 e. The van der Waals surface area contributed by atoms with Crippen LogP contribution >= 0.6 is 0 Å². The van der Waals surface area contributed by atoms with Gasteiger partial charge in [0.1, 0.15) is 0 Å². The molecule has 0 aromatic carbocycles. The molecule has 3 aliphatic heterocycles. The maximum Gasteiger partial charge on any atom is 0.0121 e. The third kappa shape index (κ3) is 2.41. The largest absolute Gasteiger partial charge is 0.312 e. The van der Waals surface area contributed by atoms with Gasteiger partial charge in [-0.2, -0.15) is 0 Å². The van der Waals surface area contributed by atoms with Crippen LogP contribution in [0.3, 0.4) is 0 Å². The third-order valence-electron chi connectivity index (χ3n) is 4.67. The van der Waals surface area contributed by atoms with Gasteiger partial charge in [-0.15, -0.1) is 0 Å². The second-order valence-electron chi connectivity index (χ2n) is 5.75. The fraction of sp³-hybridized carbons (Fsp3) is 1.00. The van der Waals surface area contributed by atoms with Crippen LogP contribution in [0.5, 0.6) is 0 Å². The molecule has 0 aromatic rings. The average molecular weight is 223 g/mol. The molecule has 3 nitrogen and oxygen atoms in total. The van der Waals surface area contributed by atoms with E-state index in [1.165, 1.54) is 71.5 Å². The first-order chi connectivity index (χ1) is 7.92. The lowest BCUT2D eigenvalue weighted by Crippen LogP contribution is -2.45. The summed E-state index contributed by atoms with van der Waals surface area (Å²) in [7, 11) is 0. The summed E-state index contributed by atoms with van der Waals surface area (Å²) in [5.41, 5.74) is 0. The zero-order valence-electron chi connectivity index (χ0n) is 10.3. The van der Waals surface area contributed by atoms with Crippen molar-refractivity contribution in [1.29, 1.82) is 0 Å². The molecule has 0 amide bonds. The van der Waals surface area contributed by atoms with E-state index < -0.39 is 0 Å². The molecule has 0 aromatic heterocycles. The quantitative estimate of drug-likeness (QED) is 0.759. The first-order valence-corrected chi connectivity index (χ1v) is 7.10. The Balaban J connectivity index is 1.38. The van der Waals surface area contributed by atoms with Gasteiger partial charge in [-0.25, -0.2) is 0 Å². The maximum absolute atomic E-state index is 3.81. The van der Waals surface area contributed by atoms with Crippen LogP contribution in [0.2, 0.25) is 0 Å². The predicted molar refractivity (Wildman–Crippen MR) is 66.6 cm³/mol. The molecule has 0 spiro atoms. The van der Waals surface area contributed by atoms with Crippen molar-refractivity contribution in [2.24, 2.45) is 5.92 Å². The Labute approximate surface area is 99.2 Å². The SMILES string of the molecule is C1CCN(CCNC2CCN3CCC2C3)C1. The molecule has 0 aliphatic carbocycles. The van der Waals surface area contributed by atoms with Crippen molar-refractivity contribution in [3.8, 4) is 0 Å². The second kappa shape index (κ2) is 5.03. The summed E-state index contributed by atoms with van der Waals surface area (Å²) in [5.74, 6) is 0.951. The van der Waals surface area contributed by atoms with E-state index in [2.05, 4.69) is 15.1 Å². The van der Waals surface area contributed by atoms with Crippen LogP contribution in [0.4, 0.5) is 0 Å². The number of rotatable bonds is 4. The lowest BCUT2D eigenvalue weighted by atomic mass is 9.94. The molecule has 3 atom stereocenters.